The van der Waals surface area contributed by atoms with Crippen molar-refractivity contribution in [2.75, 3.05) is 6.61 Å². The van der Waals surface area contributed by atoms with Crippen molar-refractivity contribution in [1.29, 1.82) is 0 Å². The van der Waals surface area contributed by atoms with Gasteiger partial charge in [0.2, 0.25) is 0 Å². The first kappa shape index (κ1) is 13.5. The van der Waals surface area contributed by atoms with E-state index in [2.05, 4.69) is 43.8 Å². The average Bonchev–Trinajstić information content (AvgIpc) is 2.71. The second kappa shape index (κ2) is 4.65. The van der Waals surface area contributed by atoms with E-state index in [1.165, 1.54) is 5.56 Å². The van der Waals surface area contributed by atoms with E-state index >= 15 is 0 Å². The highest BCUT2D eigenvalue weighted by Crippen LogP contribution is 2.55. The van der Waals surface area contributed by atoms with Crippen LogP contribution in [0.25, 0.3) is 0 Å². The van der Waals surface area contributed by atoms with Crippen LogP contribution in [0.5, 0.6) is 0 Å². The molecule has 3 unspecified atom stereocenters. The fourth-order valence-electron chi connectivity index (χ4n) is 4.01. The standard InChI is InChI=1S/C20H18O2/c1-3-14-12-22-18-16-6-4-5-7-17(16)20(14,19(18)21)15-10-8-13(2)9-11-15/h3-11,14,18H,1,12H2,2H3. The molecule has 1 aliphatic heterocycles. The fourth-order valence-corrected chi connectivity index (χ4v) is 4.01. The summed E-state index contributed by atoms with van der Waals surface area (Å²) in [4.78, 5) is 13.2. The van der Waals surface area contributed by atoms with Crippen LogP contribution in [0.15, 0.2) is 61.2 Å². The molecule has 0 spiro atoms. The van der Waals surface area contributed by atoms with Gasteiger partial charge < -0.3 is 4.74 Å². The van der Waals surface area contributed by atoms with E-state index in [-0.39, 0.29) is 11.7 Å². The summed E-state index contributed by atoms with van der Waals surface area (Å²) in [6.45, 7) is 6.55. The van der Waals surface area contributed by atoms with Crippen LogP contribution in [0.3, 0.4) is 0 Å². The molecule has 3 atom stereocenters. The number of rotatable bonds is 2. The maximum atomic E-state index is 13.2. The van der Waals surface area contributed by atoms with Crippen molar-refractivity contribution in [3.8, 4) is 0 Å². The molecule has 2 aromatic carbocycles. The average molecular weight is 290 g/mol. The van der Waals surface area contributed by atoms with E-state index in [0.29, 0.717) is 6.61 Å². The summed E-state index contributed by atoms with van der Waals surface area (Å²) in [5.74, 6) is 0.108. The highest BCUT2D eigenvalue weighted by Gasteiger charge is 2.59. The Morgan fingerprint density at radius 2 is 1.91 bits per heavy atom. The van der Waals surface area contributed by atoms with Gasteiger partial charge in [0.15, 0.2) is 5.78 Å². The maximum absolute atomic E-state index is 13.2. The van der Waals surface area contributed by atoms with Gasteiger partial charge in [0.05, 0.1) is 12.0 Å². The minimum absolute atomic E-state index is 0.0393. The highest BCUT2D eigenvalue weighted by atomic mass is 16.5. The molecule has 1 aliphatic carbocycles. The van der Waals surface area contributed by atoms with Crippen LogP contribution >= 0.6 is 0 Å². The number of ether oxygens (including phenoxy) is 1. The van der Waals surface area contributed by atoms with Crippen LogP contribution in [-0.2, 0) is 14.9 Å². The highest BCUT2D eigenvalue weighted by molar-refractivity contribution is 6.03. The summed E-state index contributed by atoms with van der Waals surface area (Å²) < 4.78 is 5.86. The van der Waals surface area contributed by atoms with Gasteiger partial charge in [-0.15, -0.1) is 6.58 Å². The first-order chi connectivity index (χ1) is 10.7. The van der Waals surface area contributed by atoms with E-state index < -0.39 is 11.5 Å². The number of carbonyl (C=O) groups is 1. The molecule has 110 valence electrons. The number of aryl methyl sites for hydroxylation is 1. The Morgan fingerprint density at radius 3 is 2.64 bits per heavy atom. The normalized spacial score (nSPS) is 29.2. The maximum Gasteiger partial charge on any atom is 0.181 e. The summed E-state index contributed by atoms with van der Waals surface area (Å²) in [7, 11) is 0. The summed E-state index contributed by atoms with van der Waals surface area (Å²) >= 11 is 0. The molecule has 1 fully saturated rings. The third kappa shape index (κ3) is 1.51. The zero-order chi connectivity index (χ0) is 15.3. The fraction of sp³-hybridized carbons (Fsp3) is 0.250. The molecule has 2 aliphatic rings. The molecular formula is C20H18O2. The molecular weight excluding hydrogens is 272 g/mol. The van der Waals surface area contributed by atoms with Gasteiger partial charge in [-0.05, 0) is 23.6 Å². The van der Waals surface area contributed by atoms with E-state index in [1.807, 2.05) is 24.3 Å². The van der Waals surface area contributed by atoms with Gasteiger partial charge in [-0.1, -0.05) is 60.2 Å². The molecule has 0 amide bonds. The molecule has 0 N–H and O–H groups in total. The molecule has 1 saturated heterocycles. The second-order valence-corrected chi connectivity index (χ2v) is 6.18. The molecule has 2 heteroatoms. The van der Waals surface area contributed by atoms with Crippen LogP contribution in [0, 0.1) is 12.8 Å². The van der Waals surface area contributed by atoms with Crippen molar-refractivity contribution in [1.82, 2.24) is 0 Å². The molecule has 2 bridgehead atoms. The summed E-state index contributed by atoms with van der Waals surface area (Å²) in [6.07, 6.45) is 1.43. The van der Waals surface area contributed by atoms with Crippen molar-refractivity contribution in [3.63, 3.8) is 0 Å². The van der Waals surface area contributed by atoms with Crippen LogP contribution in [0.2, 0.25) is 0 Å². The minimum atomic E-state index is -0.644. The molecule has 2 aromatic rings. The van der Waals surface area contributed by atoms with Crippen molar-refractivity contribution < 1.29 is 9.53 Å². The molecule has 4 rings (SSSR count). The number of Topliss-reactive ketones (excluding diaryl/α,β-unsaturated/α-hetero) is 1. The van der Waals surface area contributed by atoms with Crippen LogP contribution in [0.4, 0.5) is 0 Å². The molecule has 0 saturated carbocycles. The SMILES string of the molecule is C=CC1COC2C(=O)C1(c1ccc(C)cc1)c1ccccc12. The van der Waals surface area contributed by atoms with Gasteiger partial charge >= 0.3 is 0 Å². The third-order valence-electron chi connectivity index (χ3n) is 5.08. The van der Waals surface area contributed by atoms with Gasteiger partial charge in [0.25, 0.3) is 0 Å². The summed E-state index contributed by atoms with van der Waals surface area (Å²) in [5.41, 5.74) is 3.69. The number of hydrogen-bond acceptors (Lipinski definition) is 2. The van der Waals surface area contributed by atoms with Gasteiger partial charge in [0, 0.05) is 5.92 Å². The first-order valence-corrected chi connectivity index (χ1v) is 7.64. The zero-order valence-corrected chi connectivity index (χ0v) is 12.6. The Kier molecular flexibility index (Phi) is 2.85. The number of ketones is 1. The number of carbonyl (C=O) groups excluding carboxylic acids is 1. The Bertz CT molecular complexity index is 760. The van der Waals surface area contributed by atoms with Crippen molar-refractivity contribution in [3.05, 3.63) is 83.4 Å². The smallest absolute Gasteiger partial charge is 0.181 e. The third-order valence-corrected chi connectivity index (χ3v) is 5.08. The van der Waals surface area contributed by atoms with E-state index in [1.54, 1.807) is 0 Å². The zero-order valence-electron chi connectivity index (χ0n) is 12.6. The predicted molar refractivity (Wildman–Crippen MR) is 85.8 cm³/mol. The van der Waals surface area contributed by atoms with E-state index in [9.17, 15) is 4.79 Å². The van der Waals surface area contributed by atoms with Crippen LogP contribution in [-0.4, -0.2) is 12.4 Å². The number of benzene rings is 2. The largest absolute Gasteiger partial charge is 0.365 e. The Labute approximate surface area is 130 Å². The van der Waals surface area contributed by atoms with Crippen molar-refractivity contribution in [2.45, 2.75) is 18.4 Å². The van der Waals surface area contributed by atoms with E-state index in [0.717, 1.165) is 16.7 Å². The van der Waals surface area contributed by atoms with Crippen molar-refractivity contribution >= 4 is 5.78 Å². The van der Waals surface area contributed by atoms with Crippen molar-refractivity contribution in [2.24, 2.45) is 5.92 Å². The summed E-state index contributed by atoms with van der Waals surface area (Å²) in [6, 6.07) is 16.4. The van der Waals surface area contributed by atoms with Crippen LogP contribution < -0.4 is 0 Å². The lowest BCUT2D eigenvalue weighted by atomic mass is 9.65. The van der Waals surface area contributed by atoms with Crippen LogP contribution in [0.1, 0.15) is 28.4 Å². The Morgan fingerprint density at radius 1 is 1.18 bits per heavy atom. The monoisotopic (exact) mass is 290 g/mol. The van der Waals surface area contributed by atoms with Gasteiger partial charge in [-0.3, -0.25) is 4.79 Å². The van der Waals surface area contributed by atoms with Gasteiger partial charge in [0.1, 0.15) is 6.10 Å². The Hall–Kier alpha value is -2.19. The van der Waals surface area contributed by atoms with Gasteiger partial charge in [-0.25, -0.2) is 0 Å². The number of hydrogen-bond donors (Lipinski definition) is 0. The lowest BCUT2D eigenvalue weighted by molar-refractivity contribution is -0.143. The van der Waals surface area contributed by atoms with E-state index in [4.69, 9.17) is 4.74 Å². The molecule has 0 radical (unpaired) electrons. The lowest BCUT2D eigenvalue weighted by Crippen LogP contribution is -2.47. The summed E-state index contributed by atoms with van der Waals surface area (Å²) in [5, 5.41) is 0. The molecule has 0 aromatic heterocycles. The second-order valence-electron chi connectivity index (χ2n) is 6.18. The minimum Gasteiger partial charge on any atom is -0.365 e. The predicted octanol–water partition coefficient (Wildman–Crippen LogP) is 3.74. The number of fused-ring (bicyclic) bond motifs is 5. The topological polar surface area (TPSA) is 26.3 Å². The first-order valence-electron chi connectivity index (χ1n) is 7.64. The molecule has 2 nitrogen and oxygen atoms in total. The van der Waals surface area contributed by atoms with Gasteiger partial charge in [-0.2, -0.15) is 0 Å². The lowest BCUT2D eigenvalue weighted by Gasteiger charge is -2.39. The Balaban J connectivity index is 2.05. The molecule has 1 heterocycles. The molecule has 22 heavy (non-hydrogen) atoms. The quantitative estimate of drug-likeness (QED) is 0.788.